The molecule has 2 aromatic rings. The molecular formula is C15H21FN4O2S. The first-order valence-electron chi connectivity index (χ1n) is 7.39. The third-order valence-electron chi connectivity index (χ3n) is 3.61. The lowest BCUT2D eigenvalue weighted by molar-refractivity contribution is 0.579. The second-order valence-electron chi connectivity index (χ2n) is 5.16. The van der Waals surface area contributed by atoms with E-state index in [1.54, 1.807) is 24.1 Å². The Hall–Kier alpha value is -1.93. The SMILES string of the molecule is CCN(C)c1ccc(CNS(=O)(=O)c2cnn(CC)c2)cc1F. The summed E-state index contributed by atoms with van der Waals surface area (Å²) >= 11 is 0. The lowest BCUT2D eigenvalue weighted by atomic mass is 10.2. The Kier molecular flexibility index (Phi) is 5.38. The highest BCUT2D eigenvalue weighted by atomic mass is 32.2. The van der Waals surface area contributed by atoms with Crippen molar-refractivity contribution in [2.24, 2.45) is 0 Å². The first kappa shape index (κ1) is 17.4. The molecule has 126 valence electrons. The second kappa shape index (κ2) is 7.10. The molecule has 1 heterocycles. The van der Waals surface area contributed by atoms with Crippen LogP contribution in [0.1, 0.15) is 19.4 Å². The van der Waals surface area contributed by atoms with Crippen LogP contribution >= 0.6 is 0 Å². The van der Waals surface area contributed by atoms with E-state index < -0.39 is 10.0 Å². The van der Waals surface area contributed by atoms with Crippen molar-refractivity contribution in [3.8, 4) is 0 Å². The number of rotatable bonds is 7. The Bertz CT molecular complexity index is 774. The number of hydrogen-bond acceptors (Lipinski definition) is 4. The molecule has 0 bridgehead atoms. The molecule has 0 amide bonds. The van der Waals surface area contributed by atoms with Crippen molar-refractivity contribution < 1.29 is 12.8 Å². The van der Waals surface area contributed by atoms with Gasteiger partial charge in [-0.3, -0.25) is 4.68 Å². The van der Waals surface area contributed by atoms with E-state index in [9.17, 15) is 12.8 Å². The van der Waals surface area contributed by atoms with Gasteiger partial charge in [0, 0.05) is 32.9 Å². The first-order chi connectivity index (χ1) is 10.9. The molecule has 1 N–H and O–H groups in total. The normalized spacial score (nSPS) is 11.7. The lowest BCUT2D eigenvalue weighted by Gasteiger charge is -2.18. The molecule has 8 heteroatoms. The van der Waals surface area contributed by atoms with Gasteiger partial charge in [-0.1, -0.05) is 6.07 Å². The van der Waals surface area contributed by atoms with Crippen LogP contribution < -0.4 is 9.62 Å². The predicted octanol–water partition coefficient (Wildman–Crippen LogP) is 1.98. The molecule has 2 rings (SSSR count). The summed E-state index contributed by atoms with van der Waals surface area (Å²) in [6.45, 7) is 5.09. The fraction of sp³-hybridized carbons (Fsp3) is 0.400. The number of anilines is 1. The number of sulfonamides is 1. The fourth-order valence-corrected chi connectivity index (χ4v) is 3.03. The molecule has 0 fully saturated rings. The summed E-state index contributed by atoms with van der Waals surface area (Å²) in [7, 11) is -1.86. The molecule has 1 aromatic carbocycles. The van der Waals surface area contributed by atoms with E-state index in [0.29, 0.717) is 24.3 Å². The summed E-state index contributed by atoms with van der Waals surface area (Å²) in [4.78, 5) is 1.88. The Labute approximate surface area is 136 Å². The van der Waals surface area contributed by atoms with E-state index in [1.165, 1.54) is 23.1 Å². The van der Waals surface area contributed by atoms with Gasteiger partial charge < -0.3 is 4.90 Å². The minimum atomic E-state index is -3.66. The molecule has 0 atom stereocenters. The first-order valence-corrected chi connectivity index (χ1v) is 8.87. The smallest absolute Gasteiger partial charge is 0.243 e. The number of hydrogen-bond donors (Lipinski definition) is 1. The minimum absolute atomic E-state index is 0.0205. The van der Waals surface area contributed by atoms with Crippen LogP contribution in [-0.4, -0.2) is 31.8 Å². The van der Waals surface area contributed by atoms with Crippen molar-refractivity contribution in [2.45, 2.75) is 31.8 Å². The molecule has 0 saturated carbocycles. The maximum absolute atomic E-state index is 14.0. The number of halogens is 1. The second-order valence-corrected chi connectivity index (χ2v) is 6.92. The van der Waals surface area contributed by atoms with Crippen LogP contribution in [0.4, 0.5) is 10.1 Å². The maximum atomic E-state index is 14.0. The van der Waals surface area contributed by atoms with Crippen molar-refractivity contribution >= 4 is 15.7 Å². The molecule has 1 aromatic heterocycles. The predicted molar refractivity (Wildman–Crippen MR) is 87.3 cm³/mol. The minimum Gasteiger partial charge on any atom is -0.373 e. The number of aromatic nitrogens is 2. The van der Waals surface area contributed by atoms with Crippen molar-refractivity contribution in [3.63, 3.8) is 0 Å². The van der Waals surface area contributed by atoms with Gasteiger partial charge >= 0.3 is 0 Å². The Morgan fingerprint density at radius 2 is 2.09 bits per heavy atom. The summed E-state index contributed by atoms with van der Waals surface area (Å²) in [5, 5.41) is 3.94. The standard InChI is InChI=1S/C15H21FN4O2S/c1-4-19(3)15-7-6-12(8-14(15)16)9-18-23(21,22)13-10-17-20(5-2)11-13/h6-8,10-11,18H,4-5,9H2,1-3H3. The van der Waals surface area contributed by atoms with Gasteiger partial charge in [0.2, 0.25) is 10.0 Å². The Morgan fingerprint density at radius 1 is 1.35 bits per heavy atom. The molecule has 0 aliphatic heterocycles. The van der Waals surface area contributed by atoms with Gasteiger partial charge in [0.05, 0.1) is 11.9 Å². The zero-order valence-electron chi connectivity index (χ0n) is 13.5. The van der Waals surface area contributed by atoms with Crippen LogP contribution in [0.3, 0.4) is 0 Å². The van der Waals surface area contributed by atoms with Gasteiger partial charge in [-0.2, -0.15) is 5.10 Å². The quantitative estimate of drug-likeness (QED) is 0.837. The molecule has 6 nitrogen and oxygen atoms in total. The van der Waals surface area contributed by atoms with E-state index in [1.807, 2.05) is 13.8 Å². The van der Waals surface area contributed by atoms with Crippen LogP contribution in [0.15, 0.2) is 35.5 Å². The number of benzene rings is 1. The van der Waals surface area contributed by atoms with E-state index in [2.05, 4.69) is 9.82 Å². The average molecular weight is 340 g/mol. The van der Waals surface area contributed by atoms with Crippen LogP contribution in [0.2, 0.25) is 0 Å². The van der Waals surface area contributed by atoms with Gasteiger partial charge in [-0.05, 0) is 31.5 Å². The maximum Gasteiger partial charge on any atom is 0.243 e. The molecule has 0 radical (unpaired) electrons. The summed E-state index contributed by atoms with van der Waals surface area (Å²) in [5.74, 6) is -0.371. The number of nitrogens with zero attached hydrogens (tertiary/aromatic N) is 3. The third-order valence-corrected chi connectivity index (χ3v) is 4.96. The number of aryl methyl sites for hydroxylation is 1. The highest BCUT2D eigenvalue weighted by Gasteiger charge is 2.16. The molecule has 0 unspecified atom stereocenters. The molecule has 0 spiro atoms. The van der Waals surface area contributed by atoms with Crippen molar-refractivity contribution in [2.75, 3.05) is 18.5 Å². The number of nitrogens with one attached hydrogen (secondary N) is 1. The zero-order valence-corrected chi connectivity index (χ0v) is 14.3. The molecule has 23 heavy (non-hydrogen) atoms. The van der Waals surface area contributed by atoms with E-state index in [-0.39, 0.29) is 17.3 Å². The van der Waals surface area contributed by atoms with Crippen LogP contribution in [0.25, 0.3) is 0 Å². The average Bonchev–Trinajstić information content (AvgIpc) is 3.02. The van der Waals surface area contributed by atoms with E-state index in [0.717, 1.165) is 0 Å². The van der Waals surface area contributed by atoms with Crippen LogP contribution in [0, 0.1) is 5.82 Å². The Balaban J connectivity index is 2.09. The van der Waals surface area contributed by atoms with Gasteiger partial charge in [0.15, 0.2) is 0 Å². The highest BCUT2D eigenvalue weighted by molar-refractivity contribution is 7.89. The van der Waals surface area contributed by atoms with Gasteiger partial charge in [0.1, 0.15) is 10.7 Å². The highest BCUT2D eigenvalue weighted by Crippen LogP contribution is 2.19. The molecular weight excluding hydrogens is 319 g/mol. The van der Waals surface area contributed by atoms with Crippen molar-refractivity contribution in [1.29, 1.82) is 0 Å². The van der Waals surface area contributed by atoms with Crippen LogP contribution in [-0.2, 0) is 23.1 Å². The van der Waals surface area contributed by atoms with Crippen molar-refractivity contribution in [3.05, 3.63) is 42.0 Å². The van der Waals surface area contributed by atoms with Gasteiger partial charge in [-0.25, -0.2) is 17.5 Å². The van der Waals surface area contributed by atoms with E-state index >= 15 is 0 Å². The third kappa shape index (κ3) is 4.08. The lowest BCUT2D eigenvalue weighted by Crippen LogP contribution is -2.23. The summed E-state index contributed by atoms with van der Waals surface area (Å²) in [6, 6.07) is 4.71. The van der Waals surface area contributed by atoms with Gasteiger partial charge in [0.25, 0.3) is 0 Å². The summed E-state index contributed by atoms with van der Waals surface area (Å²) < 4.78 is 42.4. The summed E-state index contributed by atoms with van der Waals surface area (Å²) in [5.41, 5.74) is 1.05. The van der Waals surface area contributed by atoms with Crippen LogP contribution in [0.5, 0.6) is 0 Å². The summed E-state index contributed by atoms with van der Waals surface area (Å²) in [6.07, 6.45) is 2.76. The monoisotopic (exact) mass is 340 g/mol. The molecule has 0 aliphatic rings. The molecule has 0 saturated heterocycles. The fourth-order valence-electron chi connectivity index (χ4n) is 2.06. The van der Waals surface area contributed by atoms with Gasteiger partial charge in [-0.15, -0.1) is 0 Å². The Morgan fingerprint density at radius 3 is 2.65 bits per heavy atom. The zero-order chi connectivity index (χ0) is 17.0. The topological polar surface area (TPSA) is 67.2 Å². The largest absolute Gasteiger partial charge is 0.373 e. The molecule has 0 aliphatic carbocycles. The van der Waals surface area contributed by atoms with E-state index in [4.69, 9.17) is 0 Å². The van der Waals surface area contributed by atoms with Crippen molar-refractivity contribution in [1.82, 2.24) is 14.5 Å².